The SMILES string of the molecule is Cc1ccc2c(c1)oc1c2cc2c3c1c1c4oc5cc(C)ccc5c4cc4c1n3-c1c3c(cc5c1B4c1cc(-c4ccccc4)ccc1S5)Sc1ccc(-c4ccccc4)cc1B32. The first-order valence-corrected chi connectivity index (χ1v) is 23.4. The Bertz CT molecular complexity index is 3870. The first-order chi connectivity index (χ1) is 31.0. The number of furan rings is 2. The molecule has 290 valence electrons. The lowest BCUT2D eigenvalue weighted by Crippen LogP contribution is -2.65. The fraction of sp³-hybridized carbons (Fsp3) is 0.0357. The van der Waals surface area contributed by atoms with Crippen molar-refractivity contribution in [2.75, 3.05) is 0 Å². The Morgan fingerprint density at radius 2 is 0.889 bits per heavy atom. The minimum absolute atomic E-state index is 0.0115. The van der Waals surface area contributed by atoms with Crippen molar-refractivity contribution in [1.82, 2.24) is 4.57 Å². The summed E-state index contributed by atoms with van der Waals surface area (Å²) in [5.41, 5.74) is 23.1. The van der Waals surface area contributed by atoms with Crippen LogP contribution in [-0.2, 0) is 0 Å². The number of hydrogen-bond acceptors (Lipinski definition) is 4. The molecule has 9 aromatic carbocycles. The van der Waals surface area contributed by atoms with Crippen molar-refractivity contribution in [1.29, 1.82) is 0 Å². The highest BCUT2D eigenvalue weighted by molar-refractivity contribution is 8.01. The molecule has 0 saturated carbocycles. The minimum atomic E-state index is 0.0115. The predicted octanol–water partition coefficient (Wildman–Crippen LogP) is 11.1. The highest BCUT2D eigenvalue weighted by Gasteiger charge is 2.49. The van der Waals surface area contributed by atoms with E-state index >= 15 is 0 Å². The fourth-order valence-corrected chi connectivity index (χ4v) is 14.4. The molecule has 4 aliphatic heterocycles. The van der Waals surface area contributed by atoms with E-state index in [0.717, 1.165) is 54.6 Å². The average molecular weight is 836 g/mol. The van der Waals surface area contributed by atoms with Crippen LogP contribution >= 0.6 is 23.5 Å². The van der Waals surface area contributed by atoms with E-state index in [1.807, 2.05) is 23.5 Å². The molecule has 0 amide bonds. The molecule has 12 aromatic rings. The summed E-state index contributed by atoms with van der Waals surface area (Å²) in [7, 11) is 0. The summed E-state index contributed by atoms with van der Waals surface area (Å²) >= 11 is 3.89. The summed E-state index contributed by atoms with van der Waals surface area (Å²) in [6.07, 6.45) is 0. The Morgan fingerprint density at radius 3 is 1.37 bits per heavy atom. The minimum Gasteiger partial charge on any atom is -0.455 e. The largest absolute Gasteiger partial charge is 0.455 e. The Morgan fingerprint density at radius 1 is 0.413 bits per heavy atom. The van der Waals surface area contributed by atoms with E-state index in [1.165, 1.54) is 102 Å². The molecule has 63 heavy (non-hydrogen) atoms. The standard InChI is InChI=1S/C56H31B2NO2S2/c1-28-13-17-34-36-25-40-52-48(55(36)60-42(34)21-28)49-53-41(26-37-35-18-14-29(2)22-43(35)61-56(37)49)58-39-24-33(31-11-7-4-8-12-31)16-20-45(39)63-47-27-46-50(54(51(47)58)59(52)53)57(40)38-23-32(15-19-44(38)62-46)30-9-5-3-6-10-30/h3-27H,1-2H3. The quantitative estimate of drug-likeness (QED) is 0.162. The number of nitrogens with zero attached hydrogens (tertiary/aromatic N) is 1. The van der Waals surface area contributed by atoms with Gasteiger partial charge in [-0.25, -0.2) is 0 Å². The second kappa shape index (κ2) is 11.6. The molecule has 0 atom stereocenters. The highest BCUT2D eigenvalue weighted by Crippen LogP contribution is 2.49. The maximum absolute atomic E-state index is 7.18. The highest BCUT2D eigenvalue weighted by atomic mass is 32.2. The van der Waals surface area contributed by atoms with Gasteiger partial charge in [0.15, 0.2) is 0 Å². The first-order valence-electron chi connectivity index (χ1n) is 21.8. The van der Waals surface area contributed by atoms with Gasteiger partial charge in [-0.2, -0.15) is 0 Å². The molecule has 0 saturated heterocycles. The molecule has 0 fully saturated rings. The van der Waals surface area contributed by atoms with Crippen LogP contribution in [0.4, 0.5) is 0 Å². The van der Waals surface area contributed by atoms with Crippen LogP contribution in [0.2, 0.25) is 0 Å². The van der Waals surface area contributed by atoms with Gasteiger partial charge in [-0.1, -0.05) is 156 Å². The summed E-state index contributed by atoms with van der Waals surface area (Å²) in [6.45, 7) is 4.33. The van der Waals surface area contributed by atoms with E-state index in [0.29, 0.717) is 0 Å². The van der Waals surface area contributed by atoms with Crippen molar-refractivity contribution in [2.24, 2.45) is 0 Å². The van der Waals surface area contributed by atoms with Crippen molar-refractivity contribution in [3.05, 3.63) is 163 Å². The molecular weight excluding hydrogens is 804 g/mol. The third-order valence-corrected chi connectivity index (χ3v) is 16.9. The number of fused-ring (bicyclic) bond motifs is 15. The zero-order valence-corrected chi connectivity index (χ0v) is 35.8. The van der Waals surface area contributed by atoms with E-state index in [-0.39, 0.29) is 13.4 Å². The van der Waals surface area contributed by atoms with Gasteiger partial charge in [0.1, 0.15) is 22.3 Å². The van der Waals surface area contributed by atoms with Crippen LogP contribution in [0.5, 0.6) is 0 Å². The first kappa shape index (κ1) is 33.8. The van der Waals surface area contributed by atoms with Crippen LogP contribution in [0.15, 0.2) is 180 Å². The Balaban J connectivity index is 1.14. The van der Waals surface area contributed by atoms with E-state index in [2.05, 4.69) is 170 Å². The molecule has 0 unspecified atom stereocenters. The van der Waals surface area contributed by atoms with Crippen LogP contribution in [0.3, 0.4) is 0 Å². The van der Waals surface area contributed by atoms with Gasteiger partial charge in [0, 0.05) is 46.8 Å². The van der Waals surface area contributed by atoms with Crippen LogP contribution in [0, 0.1) is 13.8 Å². The van der Waals surface area contributed by atoms with Crippen molar-refractivity contribution in [3.8, 4) is 27.9 Å². The van der Waals surface area contributed by atoms with Gasteiger partial charge in [0.25, 0.3) is 0 Å². The van der Waals surface area contributed by atoms with Crippen molar-refractivity contribution in [2.45, 2.75) is 33.4 Å². The van der Waals surface area contributed by atoms with Crippen LogP contribution in [0.25, 0.3) is 93.6 Å². The summed E-state index contributed by atoms with van der Waals surface area (Å²) in [5.74, 6) is 0. The lowest BCUT2D eigenvalue weighted by molar-refractivity contribution is 0.670. The van der Waals surface area contributed by atoms with E-state index < -0.39 is 0 Å². The molecule has 0 bridgehead atoms. The topological polar surface area (TPSA) is 31.2 Å². The monoisotopic (exact) mass is 835 g/mol. The number of aryl methyl sites for hydroxylation is 2. The van der Waals surface area contributed by atoms with Gasteiger partial charge in [-0.15, -0.1) is 0 Å². The number of rotatable bonds is 2. The third-order valence-electron chi connectivity index (χ3n) is 14.6. The molecule has 3 aromatic heterocycles. The molecular formula is C56H31B2NO2S2. The maximum atomic E-state index is 7.18. The Kier molecular flexibility index (Phi) is 6.23. The molecule has 16 rings (SSSR count). The van der Waals surface area contributed by atoms with E-state index in [1.54, 1.807) is 0 Å². The van der Waals surface area contributed by atoms with E-state index in [9.17, 15) is 0 Å². The second-order valence-corrected chi connectivity index (χ2v) is 20.2. The Hall–Kier alpha value is -6.79. The summed E-state index contributed by atoms with van der Waals surface area (Å²) in [6, 6.07) is 57.0. The van der Waals surface area contributed by atoms with Crippen molar-refractivity contribution in [3.63, 3.8) is 0 Å². The van der Waals surface area contributed by atoms with Crippen LogP contribution in [0.1, 0.15) is 11.1 Å². The number of aromatic nitrogens is 1. The van der Waals surface area contributed by atoms with Crippen LogP contribution < -0.4 is 32.8 Å². The Labute approximate surface area is 370 Å². The van der Waals surface area contributed by atoms with Gasteiger partial charge in [0.2, 0.25) is 13.4 Å². The van der Waals surface area contributed by atoms with Crippen molar-refractivity contribution >= 4 is 135 Å². The molecule has 7 heterocycles. The zero-order chi connectivity index (χ0) is 41.0. The summed E-state index contributed by atoms with van der Waals surface area (Å²) < 4.78 is 17.0. The van der Waals surface area contributed by atoms with Crippen LogP contribution in [-0.4, -0.2) is 18.0 Å². The smallest absolute Gasteiger partial charge is 0.249 e. The molecule has 7 heteroatoms. The molecule has 3 nitrogen and oxygen atoms in total. The molecule has 0 spiro atoms. The molecule has 0 aliphatic carbocycles. The third kappa shape index (κ3) is 4.19. The molecule has 4 aliphatic rings. The van der Waals surface area contributed by atoms with Gasteiger partial charge in [-0.05, 0) is 99.4 Å². The van der Waals surface area contributed by atoms with Gasteiger partial charge in [0.05, 0.1) is 21.8 Å². The molecule has 0 N–H and O–H groups in total. The average Bonchev–Trinajstić information content (AvgIpc) is 3.99. The van der Waals surface area contributed by atoms with Gasteiger partial charge < -0.3 is 13.4 Å². The number of benzene rings is 9. The second-order valence-electron chi connectivity index (χ2n) is 18.0. The maximum Gasteiger partial charge on any atom is 0.249 e. The molecule has 0 radical (unpaired) electrons. The number of hydrogen-bond donors (Lipinski definition) is 0. The van der Waals surface area contributed by atoms with Crippen molar-refractivity contribution < 1.29 is 8.83 Å². The summed E-state index contributed by atoms with van der Waals surface area (Å²) in [4.78, 5) is 5.34. The lowest BCUT2D eigenvalue weighted by Gasteiger charge is -2.40. The van der Waals surface area contributed by atoms with Gasteiger partial charge >= 0.3 is 0 Å². The predicted molar refractivity (Wildman–Crippen MR) is 266 cm³/mol. The lowest BCUT2D eigenvalue weighted by atomic mass is 9.31. The van der Waals surface area contributed by atoms with Gasteiger partial charge in [-0.3, -0.25) is 0 Å². The summed E-state index contributed by atoms with van der Waals surface area (Å²) in [5, 5.41) is 6.93. The zero-order valence-electron chi connectivity index (χ0n) is 34.2. The van der Waals surface area contributed by atoms with E-state index in [4.69, 9.17) is 8.83 Å². The normalized spacial score (nSPS) is 14.0. The fourth-order valence-electron chi connectivity index (χ4n) is 11.9.